The van der Waals surface area contributed by atoms with E-state index >= 15 is 0 Å². The van der Waals surface area contributed by atoms with Crippen molar-refractivity contribution in [2.45, 2.75) is 87.1 Å². The zero-order chi connectivity index (χ0) is 93.5. The van der Waals surface area contributed by atoms with E-state index in [1.54, 1.807) is 103 Å². The highest BCUT2D eigenvalue weighted by atomic mass is 35.5. The molecule has 1 aliphatic carbocycles. The number of amides is 10. The van der Waals surface area contributed by atoms with Crippen LogP contribution in [0.2, 0.25) is 20.1 Å². The van der Waals surface area contributed by atoms with E-state index in [1.807, 2.05) is 109 Å². The van der Waals surface area contributed by atoms with Crippen molar-refractivity contribution in [3.63, 3.8) is 0 Å². The molecule has 34 heteroatoms. The van der Waals surface area contributed by atoms with Crippen LogP contribution in [-0.2, 0) is 84.8 Å². The van der Waals surface area contributed by atoms with Gasteiger partial charge >= 0.3 is 0 Å². The Morgan fingerprint density at radius 1 is 0.318 bits per heavy atom. The topological polar surface area (TPSA) is 442 Å². The molecule has 10 amide bonds. The molecule has 1 heterocycles. The fourth-order valence-electron chi connectivity index (χ4n) is 12.8. The Labute approximate surface area is 755 Å². The van der Waals surface area contributed by atoms with Crippen molar-refractivity contribution in [2.75, 3.05) is 0 Å². The summed E-state index contributed by atoms with van der Waals surface area (Å²) in [5.74, 6) is -17.3. The smallest absolute Gasteiger partial charge is 0.289 e. The third-order valence-corrected chi connectivity index (χ3v) is 20.6. The van der Waals surface area contributed by atoms with Crippen molar-refractivity contribution in [2.24, 2.45) is 22.9 Å². The van der Waals surface area contributed by atoms with Crippen LogP contribution in [0.3, 0.4) is 0 Å². The molecule has 0 spiro atoms. The van der Waals surface area contributed by atoms with Crippen molar-refractivity contribution >= 4 is 134 Å². The minimum atomic E-state index is -1.43. The first-order valence-electron chi connectivity index (χ1n) is 39.2. The number of hydrogen-bond donors (Lipinski definition) is 10. The van der Waals surface area contributed by atoms with E-state index in [-0.39, 0.29) is 74.9 Å². The molecule has 13 rings (SSSR count). The maximum absolute atomic E-state index is 13.7. The maximum atomic E-state index is 13.7. The number of ether oxygens (including phenoxy) is 1. The van der Waals surface area contributed by atoms with Gasteiger partial charge in [0.15, 0.2) is 0 Å². The molecule has 26 nitrogen and oxygen atoms in total. The summed E-state index contributed by atoms with van der Waals surface area (Å²) >= 11 is 24.1. The second-order valence-corrected chi connectivity index (χ2v) is 30.3. The summed E-state index contributed by atoms with van der Waals surface area (Å²) in [6.07, 6.45) is 2.23. The zero-order valence-corrected chi connectivity index (χ0v) is 70.9. The van der Waals surface area contributed by atoms with Gasteiger partial charge in [-0.25, -0.2) is 17.6 Å². The number of rotatable bonds is 31. The molecule has 0 aromatic heterocycles. The first-order chi connectivity index (χ1) is 61.7. The first-order valence-corrected chi connectivity index (χ1v) is 40.7. The lowest BCUT2D eigenvalue weighted by Gasteiger charge is -2.28. The summed E-state index contributed by atoms with van der Waals surface area (Å²) in [4.78, 5) is 181. The summed E-state index contributed by atoms with van der Waals surface area (Å²) in [7, 11) is 0. The van der Waals surface area contributed by atoms with Gasteiger partial charge in [0.05, 0.1) is 37.1 Å². The summed E-state index contributed by atoms with van der Waals surface area (Å²) < 4.78 is 59.1. The molecule has 1 fully saturated rings. The van der Waals surface area contributed by atoms with Gasteiger partial charge in [-0.2, -0.15) is 0 Å². The van der Waals surface area contributed by atoms with Crippen LogP contribution in [0, 0.1) is 23.3 Å². The molecule has 0 bridgehead atoms. The molecule has 662 valence electrons. The van der Waals surface area contributed by atoms with Crippen molar-refractivity contribution in [3.8, 4) is 11.5 Å². The molecule has 1 saturated carbocycles. The number of halogens is 8. The Balaban J connectivity index is 0.000000183. The standard InChI is InChI=1S/C24H20N2O4.C20H18Cl2N2O3.C17H14Cl2N2O3.C17H13F3N2O3.C17H15FN2O3/c25-23(28)22(27)18(14-15-8-2-1-3-9-15)26-24(29)21-16-10-4-6-12-19(16)30-20-13-7-5-11-17(20)21;21-14-7-4-8-15(22)17(14)19(26)24-16(11-12-5-2-1-3-6-12)18(25)20(27)23-13-9-10-13;18-11-7-4-8-12(19)14(11)17(24)21-13(15(22)16(20)23)9-10-5-2-1-3-6-10;18-10-7-11(19)14(12(20)8-10)17(25)22-13(15(23)16(21)24)6-9-4-2-1-3-5-9;18-13-8-6-12(7-9-13)17(23)20-14(15(21)16(19)22)10-11-4-2-1-3-5-11/h1-13,18,21H,14H2,(H2,25,28)(H,26,29);1-8,13,16H,9-11H2,(H,23,27)(H,24,26);1-8,13H,9H2,(H2,20,23)(H,21,24);1-5,7-8,13H,6H2,(H2,21,24)(H,22,25);1-9,14H,10H2,(H2,19,22)(H,20,23)/t;16-;2*13-;14-/m.0000/s1. The van der Waals surface area contributed by atoms with Gasteiger partial charge in [0, 0.05) is 67.0 Å². The average molecular weight is 1840 g/mol. The van der Waals surface area contributed by atoms with Gasteiger partial charge in [0.2, 0.25) is 34.8 Å². The Hall–Kier alpha value is -14.9. The highest BCUT2D eigenvalue weighted by Crippen LogP contribution is 2.44. The molecule has 1 aliphatic heterocycles. The molecule has 1 unspecified atom stereocenters. The Morgan fingerprint density at radius 3 is 0.907 bits per heavy atom. The number of primary amides is 4. The summed E-state index contributed by atoms with van der Waals surface area (Å²) in [5, 5.41) is 15.7. The van der Waals surface area contributed by atoms with Crippen LogP contribution in [0.4, 0.5) is 17.6 Å². The van der Waals surface area contributed by atoms with E-state index in [0.717, 1.165) is 47.2 Å². The molecule has 14 N–H and O–H groups in total. The molecule has 11 aromatic carbocycles. The molecule has 129 heavy (non-hydrogen) atoms. The second-order valence-electron chi connectivity index (χ2n) is 28.7. The quantitative estimate of drug-likeness (QED) is 0.0143. The van der Waals surface area contributed by atoms with Gasteiger partial charge in [0.1, 0.15) is 70.5 Å². The number of para-hydroxylation sites is 2. The highest BCUT2D eigenvalue weighted by Gasteiger charge is 2.38. The van der Waals surface area contributed by atoms with Gasteiger partial charge in [0.25, 0.3) is 53.2 Å². The number of benzene rings is 11. The van der Waals surface area contributed by atoms with Crippen LogP contribution in [-0.4, -0.2) is 124 Å². The maximum Gasteiger partial charge on any atom is 0.289 e. The van der Waals surface area contributed by atoms with Gasteiger partial charge in [-0.3, -0.25) is 71.9 Å². The normalized spacial score (nSPS) is 12.6. The van der Waals surface area contributed by atoms with E-state index in [0.29, 0.717) is 40.3 Å². The average Bonchev–Trinajstić information content (AvgIpc) is 1.64. The molecule has 11 aromatic rings. The molecule has 2 aliphatic rings. The number of carbonyl (C=O) groups is 15. The minimum Gasteiger partial charge on any atom is -0.457 e. The molecular formula is C95H80Cl4F4N10O16. The Bertz CT molecular complexity index is 5870. The Morgan fingerprint density at radius 2 is 0.597 bits per heavy atom. The van der Waals surface area contributed by atoms with Crippen LogP contribution in [0.25, 0.3) is 0 Å². The number of nitrogens with one attached hydrogen (secondary N) is 6. The van der Waals surface area contributed by atoms with E-state index in [2.05, 4.69) is 31.9 Å². The molecular weight excluding hydrogens is 1750 g/mol. The van der Waals surface area contributed by atoms with Crippen molar-refractivity contribution in [1.82, 2.24) is 31.9 Å². The minimum absolute atomic E-state index is 0.0381. The van der Waals surface area contributed by atoms with Gasteiger partial charge < -0.3 is 59.6 Å². The fourth-order valence-corrected chi connectivity index (χ4v) is 13.9. The van der Waals surface area contributed by atoms with E-state index in [1.165, 1.54) is 36.4 Å². The van der Waals surface area contributed by atoms with Crippen LogP contribution >= 0.6 is 46.4 Å². The number of ketones is 5. The third-order valence-electron chi connectivity index (χ3n) is 19.3. The molecule has 0 radical (unpaired) electrons. The third kappa shape index (κ3) is 28.8. The van der Waals surface area contributed by atoms with Crippen LogP contribution in [0.5, 0.6) is 11.5 Å². The van der Waals surface area contributed by atoms with E-state index < -0.39 is 153 Å². The number of fused-ring (bicyclic) bond motifs is 2. The van der Waals surface area contributed by atoms with Crippen molar-refractivity contribution in [3.05, 3.63) is 378 Å². The monoisotopic (exact) mass is 1830 g/mol. The number of nitrogens with two attached hydrogens (primary N) is 4. The van der Waals surface area contributed by atoms with Crippen LogP contribution < -0.4 is 59.6 Å². The van der Waals surface area contributed by atoms with Gasteiger partial charge in [-0.1, -0.05) is 247 Å². The van der Waals surface area contributed by atoms with Gasteiger partial charge in [-0.05, 0) is 101 Å². The zero-order valence-electron chi connectivity index (χ0n) is 67.8. The predicted molar refractivity (Wildman–Crippen MR) is 471 cm³/mol. The predicted octanol–water partition coefficient (Wildman–Crippen LogP) is 11.0. The lowest BCUT2D eigenvalue weighted by molar-refractivity contribution is -0.139. The molecule has 5 atom stereocenters. The second kappa shape index (κ2) is 47.5. The number of hydrogen-bond acceptors (Lipinski definition) is 16. The van der Waals surface area contributed by atoms with Crippen molar-refractivity contribution < 1.29 is 94.2 Å². The summed E-state index contributed by atoms with van der Waals surface area (Å²) in [5.41, 5.74) is 24.7. The summed E-state index contributed by atoms with van der Waals surface area (Å²) in [6.45, 7) is 0. The van der Waals surface area contributed by atoms with E-state index in [9.17, 15) is 89.5 Å². The first kappa shape index (κ1) is 97.9. The van der Waals surface area contributed by atoms with Crippen molar-refractivity contribution in [1.29, 1.82) is 0 Å². The SMILES string of the molecule is NC(=O)C(=O)C(Cc1ccccc1)NC(=O)C1c2ccccc2Oc2ccccc21.NC(=O)C(=O)[C@H](Cc1ccccc1)NC(=O)c1c(Cl)cccc1Cl.NC(=O)C(=O)[C@H](Cc1ccccc1)NC(=O)c1c(F)cc(F)cc1F.NC(=O)C(=O)[C@H](Cc1ccccc1)NC(=O)c1ccc(F)cc1.O=C(NC1CC1)C(=O)[C@H](Cc1ccccc1)NC(=O)c1c(Cl)cccc1Cl. The highest BCUT2D eigenvalue weighted by molar-refractivity contribution is 6.43. The largest absolute Gasteiger partial charge is 0.457 e. The fraction of sp³-hybridized carbons (Fsp3) is 0.147. The van der Waals surface area contributed by atoms with Crippen LogP contribution in [0.15, 0.2) is 273 Å². The Kier molecular flexibility index (Phi) is 36.0. The lowest BCUT2D eigenvalue weighted by Crippen LogP contribution is -2.49. The van der Waals surface area contributed by atoms with Crippen LogP contribution in [0.1, 0.15) is 99.1 Å². The number of carbonyl (C=O) groups excluding carboxylic acids is 15. The van der Waals surface area contributed by atoms with Gasteiger partial charge in [-0.15, -0.1) is 0 Å². The summed E-state index contributed by atoms with van der Waals surface area (Å²) in [6, 6.07) is 68.2. The molecule has 0 saturated heterocycles. The number of Topliss-reactive ketones (excluding diaryl/α,β-unsaturated/α-hetero) is 5. The lowest BCUT2D eigenvalue weighted by atomic mass is 9.86. The van der Waals surface area contributed by atoms with E-state index in [4.69, 9.17) is 74.1 Å².